The van der Waals surface area contributed by atoms with E-state index in [0.29, 0.717) is 23.8 Å². The second kappa shape index (κ2) is 6.93. The number of hydrogen-bond donors (Lipinski definition) is 3. The lowest BCUT2D eigenvalue weighted by Gasteiger charge is -2.09. The van der Waals surface area contributed by atoms with E-state index < -0.39 is 0 Å². The first-order valence-corrected chi connectivity index (χ1v) is 6.64. The number of halogens is 1. The Morgan fingerprint density at radius 1 is 1.05 bits per heavy atom. The van der Waals surface area contributed by atoms with Crippen LogP contribution in [0.4, 0.5) is 10.5 Å². The molecule has 0 aliphatic carbocycles. The van der Waals surface area contributed by atoms with E-state index >= 15 is 0 Å². The third kappa shape index (κ3) is 3.98. The van der Waals surface area contributed by atoms with Crippen LogP contribution >= 0.6 is 11.6 Å². The van der Waals surface area contributed by atoms with Gasteiger partial charge in [0.05, 0.1) is 10.7 Å². The molecule has 5 heteroatoms. The average Bonchev–Trinajstić information content (AvgIpc) is 2.48. The first-order chi connectivity index (χ1) is 9.69. The van der Waals surface area contributed by atoms with Gasteiger partial charge in [0.25, 0.3) is 0 Å². The van der Waals surface area contributed by atoms with Crippen molar-refractivity contribution in [2.75, 3.05) is 5.32 Å². The molecule has 0 aliphatic rings. The Morgan fingerprint density at radius 2 is 1.70 bits per heavy atom. The normalized spacial score (nSPS) is 10.1. The minimum absolute atomic E-state index is 0.291. The molecule has 0 fully saturated rings. The summed E-state index contributed by atoms with van der Waals surface area (Å²) in [5, 5.41) is 5.98. The van der Waals surface area contributed by atoms with Crippen molar-refractivity contribution in [2.24, 2.45) is 5.73 Å². The predicted octanol–water partition coefficient (Wildman–Crippen LogP) is 3.12. The molecule has 0 atom stereocenters. The average molecular weight is 290 g/mol. The largest absolute Gasteiger partial charge is 0.334 e. The number of hydrogen-bond acceptors (Lipinski definition) is 2. The fourth-order valence-corrected chi connectivity index (χ4v) is 1.89. The lowest BCUT2D eigenvalue weighted by molar-refractivity contribution is 0.251. The van der Waals surface area contributed by atoms with Crippen LogP contribution in [0.5, 0.6) is 0 Å². The van der Waals surface area contributed by atoms with Crippen molar-refractivity contribution in [1.29, 1.82) is 0 Å². The molecule has 0 bridgehead atoms. The highest BCUT2D eigenvalue weighted by atomic mass is 35.5. The molecule has 2 rings (SSSR count). The number of benzene rings is 2. The minimum Gasteiger partial charge on any atom is -0.334 e. The maximum Gasteiger partial charge on any atom is 0.319 e. The van der Waals surface area contributed by atoms with Gasteiger partial charge < -0.3 is 16.4 Å². The molecule has 0 saturated heterocycles. The number of carbonyl (C=O) groups is 1. The molecule has 104 valence electrons. The van der Waals surface area contributed by atoms with E-state index in [2.05, 4.69) is 10.6 Å². The summed E-state index contributed by atoms with van der Waals surface area (Å²) in [6.07, 6.45) is 0. The zero-order chi connectivity index (χ0) is 14.4. The Bertz CT molecular complexity index is 584. The smallest absolute Gasteiger partial charge is 0.319 e. The molecule has 0 heterocycles. The minimum atomic E-state index is -0.291. The summed E-state index contributed by atoms with van der Waals surface area (Å²) >= 11 is 5.96. The van der Waals surface area contributed by atoms with Gasteiger partial charge in [-0.3, -0.25) is 0 Å². The second-order valence-corrected chi connectivity index (χ2v) is 4.72. The van der Waals surface area contributed by atoms with Crippen LogP contribution in [0.25, 0.3) is 0 Å². The van der Waals surface area contributed by atoms with E-state index in [-0.39, 0.29) is 6.03 Å². The van der Waals surface area contributed by atoms with Crippen LogP contribution in [0.3, 0.4) is 0 Å². The van der Waals surface area contributed by atoms with Gasteiger partial charge in [0.1, 0.15) is 0 Å². The van der Waals surface area contributed by atoms with Crippen molar-refractivity contribution >= 4 is 23.3 Å². The predicted molar refractivity (Wildman–Crippen MR) is 81.6 cm³/mol. The molecule has 0 unspecified atom stereocenters. The molecule has 0 aromatic heterocycles. The van der Waals surface area contributed by atoms with Gasteiger partial charge in [-0.15, -0.1) is 0 Å². The molecule has 2 aromatic rings. The fourth-order valence-electron chi connectivity index (χ4n) is 1.70. The molecule has 2 aromatic carbocycles. The molecule has 0 saturated carbocycles. The van der Waals surface area contributed by atoms with Gasteiger partial charge in [0, 0.05) is 13.1 Å². The number of carbonyl (C=O) groups excluding carboxylic acids is 1. The number of para-hydroxylation sites is 1. The highest BCUT2D eigenvalue weighted by Gasteiger charge is 2.04. The van der Waals surface area contributed by atoms with Crippen LogP contribution < -0.4 is 16.4 Å². The van der Waals surface area contributed by atoms with E-state index in [1.807, 2.05) is 36.4 Å². The van der Waals surface area contributed by atoms with Gasteiger partial charge in [-0.25, -0.2) is 4.79 Å². The van der Waals surface area contributed by atoms with E-state index in [0.717, 1.165) is 11.1 Å². The summed E-state index contributed by atoms with van der Waals surface area (Å²) in [5.74, 6) is 0. The molecule has 4 nitrogen and oxygen atoms in total. The summed E-state index contributed by atoms with van der Waals surface area (Å²) < 4.78 is 0. The third-order valence-electron chi connectivity index (χ3n) is 2.83. The Labute approximate surface area is 122 Å². The van der Waals surface area contributed by atoms with Crippen LogP contribution in [0, 0.1) is 0 Å². The van der Waals surface area contributed by atoms with Crippen molar-refractivity contribution in [3.63, 3.8) is 0 Å². The molecule has 0 radical (unpaired) electrons. The Kier molecular flexibility index (Phi) is 4.98. The van der Waals surface area contributed by atoms with Crippen molar-refractivity contribution in [3.05, 3.63) is 64.7 Å². The van der Waals surface area contributed by atoms with Crippen molar-refractivity contribution < 1.29 is 4.79 Å². The molecule has 2 amide bonds. The lowest BCUT2D eigenvalue weighted by Crippen LogP contribution is -2.28. The zero-order valence-corrected chi connectivity index (χ0v) is 11.7. The summed E-state index contributed by atoms with van der Waals surface area (Å²) in [4.78, 5) is 11.8. The second-order valence-electron chi connectivity index (χ2n) is 4.31. The number of urea groups is 1. The number of nitrogens with one attached hydrogen (secondary N) is 2. The van der Waals surface area contributed by atoms with Crippen LogP contribution in [-0.2, 0) is 13.1 Å². The third-order valence-corrected chi connectivity index (χ3v) is 3.16. The number of rotatable bonds is 4. The summed E-state index contributed by atoms with van der Waals surface area (Å²) in [7, 11) is 0. The summed E-state index contributed by atoms with van der Waals surface area (Å²) in [5.41, 5.74) is 8.19. The summed E-state index contributed by atoms with van der Waals surface area (Å²) in [6.45, 7) is 0.960. The highest BCUT2D eigenvalue weighted by Crippen LogP contribution is 2.20. The molecular formula is C15H16ClN3O. The standard InChI is InChI=1S/C15H16ClN3O/c16-13-3-1-2-4-14(13)19-15(20)18-10-12-7-5-11(9-17)6-8-12/h1-8H,9-10,17H2,(H2,18,19,20). The van der Waals surface area contributed by atoms with E-state index in [1.165, 1.54) is 0 Å². The molecule has 0 spiro atoms. The fraction of sp³-hybridized carbons (Fsp3) is 0.133. The first kappa shape index (κ1) is 14.4. The van der Waals surface area contributed by atoms with Crippen LogP contribution in [0.1, 0.15) is 11.1 Å². The first-order valence-electron chi connectivity index (χ1n) is 6.26. The molecular weight excluding hydrogens is 274 g/mol. The monoisotopic (exact) mass is 289 g/mol. The van der Waals surface area contributed by atoms with Crippen molar-refractivity contribution in [3.8, 4) is 0 Å². The summed E-state index contributed by atoms with van der Waals surface area (Å²) in [6, 6.07) is 14.6. The molecule has 0 aliphatic heterocycles. The van der Waals surface area contributed by atoms with Crippen LogP contribution in [-0.4, -0.2) is 6.03 Å². The van der Waals surface area contributed by atoms with E-state index in [9.17, 15) is 4.79 Å². The SMILES string of the molecule is NCc1ccc(CNC(=O)Nc2ccccc2Cl)cc1. The van der Waals surface area contributed by atoms with Gasteiger partial charge in [-0.05, 0) is 23.3 Å². The molecule has 4 N–H and O–H groups in total. The molecule has 20 heavy (non-hydrogen) atoms. The Hall–Kier alpha value is -2.04. The number of amides is 2. The van der Waals surface area contributed by atoms with Gasteiger partial charge >= 0.3 is 6.03 Å². The van der Waals surface area contributed by atoms with Gasteiger partial charge in [0.15, 0.2) is 0 Å². The quantitative estimate of drug-likeness (QED) is 0.809. The number of nitrogens with two attached hydrogens (primary N) is 1. The lowest BCUT2D eigenvalue weighted by atomic mass is 10.1. The Morgan fingerprint density at radius 3 is 2.35 bits per heavy atom. The number of anilines is 1. The highest BCUT2D eigenvalue weighted by molar-refractivity contribution is 6.33. The topological polar surface area (TPSA) is 67.1 Å². The van der Waals surface area contributed by atoms with E-state index in [4.69, 9.17) is 17.3 Å². The van der Waals surface area contributed by atoms with E-state index in [1.54, 1.807) is 12.1 Å². The zero-order valence-electron chi connectivity index (χ0n) is 10.9. The maximum absolute atomic E-state index is 11.8. The van der Waals surface area contributed by atoms with Gasteiger partial charge in [-0.2, -0.15) is 0 Å². The Balaban J connectivity index is 1.87. The van der Waals surface area contributed by atoms with Gasteiger partial charge in [-0.1, -0.05) is 48.0 Å². The van der Waals surface area contributed by atoms with Crippen LogP contribution in [0.2, 0.25) is 5.02 Å². The van der Waals surface area contributed by atoms with Gasteiger partial charge in [0.2, 0.25) is 0 Å². The maximum atomic E-state index is 11.8. The van der Waals surface area contributed by atoms with Crippen molar-refractivity contribution in [2.45, 2.75) is 13.1 Å². The van der Waals surface area contributed by atoms with Crippen molar-refractivity contribution in [1.82, 2.24) is 5.32 Å². The van der Waals surface area contributed by atoms with Crippen LogP contribution in [0.15, 0.2) is 48.5 Å².